The number of nitrogens with zero attached hydrogens (tertiary/aromatic N) is 3. The van der Waals surface area contributed by atoms with Crippen LogP contribution >= 0.6 is 0 Å². The van der Waals surface area contributed by atoms with Gasteiger partial charge in [-0.25, -0.2) is 0 Å². The van der Waals surface area contributed by atoms with E-state index in [1.54, 1.807) is 0 Å². The van der Waals surface area contributed by atoms with Gasteiger partial charge in [0.1, 0.15) is 0 Å². The third-order valence-corrected chi connectivity index (χ3v) is 5.36. The Morgan fingerprint density at radius 2 is 1.82 bits per heavy atom. The maximum Gasteiger partial charge on any atom is 0.191 e. The summed E-state index contributed by atoms with van der Waals surface area (Å²) in [5.74, 6) is 1.45. The molecule has 5 nitrogen and oxygen atoms in total. The van der Waals surface area contributed by atoms with Crippen LogP contribution in [0.4, 0.5) is 0 Å². The van der Waals surface area contributed by atoms with Crippen molar-refractivity contribution in [1.82, 2.24) is 20.4 Å². The minimum Gasteiger partial charge on any atom is -0.356 e. The number of rotatable bonds is 8. The van der Waals surface area contributed by atoms with Gasteiger partial charge in [-0.1, -0.05) is 38.1 Å². The third-order valence-electron chi connectivity index (χ3n) is 5.36. The number of hydrogen-bond donors (Lipinski definition) is 2. The van der Waals surface area contributed by atoms with Crippen molar-refractivity contribution < 1.29 is 0 Å². The average Bonchev–Trinajstić information content (AvgIpc) is 2.90. The first-order valence-electron chi connectivity index (χ1n) is 10.4. The average molecular weight is 384 g/mol. The molecule has 1 aromatic carbocycles. The number of nitrogens with one attached hydrogen (secondary N) is 2. The van der Waals surface area contributed by atoms with E-state index >= 15 is 0 Å². The van der Waals surface area contributed by atoms with Crippen LogP contribution < -0.4 is 10.6 Å². The van der Waals surface area contributed by atoms with E-state index in [2.05, 4.69) is 79.6 Å². The second-order valence-corrected chi connectivity index (χ2v) is 8.02. The Bertz CT molecular complexity index is 771. The highest BCUT2D eigenvalue weighted by Gasteiger charge is 2.13. The minimum absolute atomic E-state index is 0.288. The fraction of sp³-hybridized carbons (Fsp3) is 0.565. The monoisotopic (exact) mass is 383 g/mol. The number of aryl methyl sites for hydroxylation is 3. The quantitative estimate of drug-likeness (QED) is 0.413. The Morgan fingerprint density at radius 1 is 1.14 bits per heavy atom. The summed E-state index contributed by atoms with van der Waals surface area (Å²) in [7, 11) is 3.83. The van der Waals surface area contributed by atoms with Crippen LogP contribution in [0.5, 0.6) is 0 Å². The van der Waals surface area contributed by atoms with Gasteiger partial charge in [0.25, 0.3) is 0 Å². The molecule has 0 aliphatic heterocycles. The summed E-state index contributed by atoms with van der Waals surface area (Å²) in [6.45, 7) is 11.8. The van der Waals surface area contributed by atoms with E-state index in [1.165, 1.54) is 22.4 Å². The van der Waals surface area contributed by atoms with E-state index in [4.69, 9.17) is 0 Å². The van der Waals surface area contributed by atoms with E-state index in [9.17, 15) is 0 Å². The first kappa shape index (κ1) is 22.0. The highest BCUT2D eigenvalue weighted by Crippen LogP contribution is 2.15. The molecule has 0 saturated heterocycles. The molecule has 0 fully saturated rings. The molecule has 0 aliphatic carbocycles. The molecule has 1 atom stereocenters. The van der Waals surface area contributed by atoms with E-state index in [1.807, 2.05) is 18.8 Å². The van der Waals surface area contributed by atoms with Gasteiger partial charge in [0.05, 0.1) is 5.69 Å². The van der Waals surface area contributed by atoms with E-state index in [0.29, 0.717) is 5.92 Å². The number of aromatic nitrogens is 2. The van der Waals surface area contributed by atoms with Crippen molar-refractivity contribution in [2.45, 2.75) is 65.8 Å². The predicted octanol–water partition coefficient (Wildman–Crippen LogP) is 3.89. The van der Waals surface area contributed by atoms with Crippen LogP contribution in [0, 0.1) is 13.8 Å². The van der Waals surface area contributed by atoms with Crippen molar-refractivity contribution in [2.75, 3.05) is 13.6 Å². The Labute approximate surface area is 170 Å². The summed E-state index contributed by atoms with van der Waals surface area (Å²) in [6.07, 6.45) is 3.09. The van der Waals surface area contributed by atoms with Crippen molar-refractivity contribution in [3.05, 3.63) is 52.3 Å². The summed E-state index contributed by atoms with van der Waals surface area (Å²) in [5.41, 5.74) is 6.46. The fourth-order valence-electron chi connectivity index (χ4n) is 3.47. The van der Waals surface area contributed by atoms with Crippen molar-refractivity contribution in [2.24, 2.45) is 12.0 Å². The Kier molecular flexibility index (Phi) is 8.09. The lowest BCUT2D eigenvalue weighted by Gasteiger charge is -2.18. The normalized spacial score (nSPS) is 13.1. The molecule has 0 spiro atoms. The first-order chi connectivity index (χ1) is 13.3. The largest absolute Gasteiger partial charge is 0.356 e. The van der Waals surface area contributed by atoms with Crippen molar-refractivity contribution in [3.8, 4) is 0 Å². The summed E-state index contributed by atoms with van der Waals surface area (Å²) < 4.78 is 1.96. The molecular formula is C23H37N5. The van der Waals surface area contributed by atoms with Gasteiger partial charge >= 0.3 is 0 Å². The lowest BCUT2D eigenvalue weighted by molar-refractivity contribution is 0.631. The zero-order valence-electron chi connectivity index (χ0n) is 18.6. The van der Waals surface area contributed by atoms with Gasteiger partial charge in [-0.05, 0) is 62.6 Å². The minimum atomic E-state index is 0.288. The van der Waals surface area contributed by atoms with E-state index < -0.39 is 0 Å². The van der Waals surface area contributed by atoms with Gasteiger partial charge in [-0.15, -0.1) is 0 Å². The lowest BCUT2D eigenvalue weighted by atomic mass is 10.0. The first-order valence-corrected chi connectivity index (χ1v) is 10.4. The van der Waals surface area contributed by atoms with Crippen LogP contribution in [-0.4, -0.2) is 35.4 Å². The van der Waals surface area contributed by atoms with Crippen LogP contribution in [0.2, 0.25) is 0 Å². The van der Waals surface area contributed by atoms with Crippen LogP contribution in [-0.2, 0) is 19.9 Å². The smallest absolute Gasteiger partial charge is 0.191 e. The topological polar surface area (TPSA) is 54.2 Å². The van der Waals surface area contributed by atoms with Crippen LogP contribution in [0.3, 0.4) is 0 Å². The maximum atomic E-state index is 4.51. The lowest BCUT2D eigenvalue weighted by Crippen LogP contribution is -2.43. The molecule has 2 N–H and O–H groups in total. The highest BCUT2D eigenvalue weighted by atomic mass is 15.3. The Hall–Kier alpha value is -2.30. The molecule has 1 unspecified atom stereocenters. The fourth-order valence-corrected chi connectivity index (χ4v) is 3.47. The zero-order valence-corrected chi connectivity index (χ0v) is 18.6. The summed E-state index contributed by atoms with van der Waals surface area (Å²) in [4.78, 5) is 4.37. The summed E-state index contributed by atoms with van der Waals surface area (Å²) in [5, 5.41) is 11.4. The molecular weight excluding hydrogens is 346 g/mol. The van der Waals surface area contributed by atoms with Crippen molar-refractivity contribution >= 4 is 5.96 Å². The SMILES string of the molecule is CN=C(NCCCc1ccc(C(C)C)cc1)NC(C)Cc1c(C)nn(C)c1C. The Morgan fingerprint density at radius 3 is 2.36 bits per heavy atom. The summed E-state index contributed by atoms with van der Waals surface area (Å²) >= 11 is 0. The molecule has 2 rings (SSSR count). The molecule has 1 heterocycles. The van der Waals surface area contributed by atoms with E-state index in [-0.39, 0.29) is 6.04 Å². The van der Waals surface area contributed by atoms with Crippen LogP contribution in [0.15, 0.2) is 29.3 Å². The highest BCUT2D eigenvalue weighted by molar-refractivity contribution is 5.79. The second kappa shape index (κ2) is 10.3. The number of benzene rings is 1. The maximum absolute atomic E-state index is 4.51. The number of hydrogen-bond acceptors (Lipinski definition) is 2. The van der Waals surface area contributed by atoms with Crippen LogP contribution in [0.1, 0.15) is 61.2 Å². The third kappa shape index (κ3) is 6.11. The molecule has 2 aromatic rings. The molecule has 0 radical (unpaired) electrons. The molecule has 0 bridgehead atoms. The zero-order chi connectivity index (χ0) is 20.7. The molecule has 0 saturated carbocycles. The summed E-state index contributed by atoms with van der Waals surface area (Å²) in [6, 6.07) is 9.29. The van der Waals surface area contributed by atoms with Gasteiger partial charge < -0.3 is 10.6 Å². The predicted molar refractivity (Wildman–Crippen MR) is 119 cm³/mol. The van der Waals surface area contributed by atoms with Crippen LogP contribution in [0.25, 0.3) is 0 Å². The van der Waals surface area contributed by atoms with Crippen molar-refractivity contribution in [3.63, 3.8) is 0 Å². The van der Waals surface area contributed by atoms with E-state index in [0.717, 1.165) is 37.5 Å². The molecule has 5 heteroatoms. The standard InChI is InChI=1S/C23H37N5/c1-16(2)21-12-10-20(11-13-21)9-8-14-25-23(24-6)26-17(3)15-22-18(4)27-28(7)19(22)5/h10-13,16-17H,8-9,14-15H2,1-7H3,(H2,24,25,26). The van der Waals surface area contributed by atoms with Gasteiger partial charge in [-0.3, -0.25) is 9.67 Å². The van der Waals surface area contributed by atoms with Gasteiger partial charge in [0, 0.05) is 32.4 Å². The van der Waals surface area contributed by atoms with Gasteiger partial charge in [-0.2, -0.15) is 5.10 Å². The number of guanidine groups is 1. The molecule has 1 aromatic heterocycles. The molecule has 0 amide bonds. The van der Waals surface area contributed by atoms with Crippen molar-refractivity contribution in [1.29, 1.82) is 0 Å². The number of aliphatic imine (C=N–C) groups is 1. The second-order valence-electron chi connectivity index (χ2n) is 8.02. The van der Waals surface area contributed by atoms with Gasteiger partial charge in [0.15, 0.2) is 5.96 Å². The molecule has 28 heavy (non-hydrogen) atoms. The van der Waals surface area contributed by atoms with Gasteiger partial charge in [0.2, 0.25) is 0 Å². The molecule has 0 aliphatic rings. The molecule has 154 valence electrons. The Balaban J connectivity index is 1.76.